The molecule has 3 aromatic rings. The van der Waals surface area contributed by atoms with E-state index in [4.69, 9.17) is 35.9 Å². The number of aromatic nitrogens is 3. The molecule has 0 saturated heterocycles. The first kappa shape index (κ1) is 29.3. The molecular formula is C28H32BrClN4O4S. The highest BCUT2D eigenvalue weighted by Crippen LogP contribution is 2.44. The summed E-state index contributed by atoms with van der Waals surface area (Å²) in [6.07, 6.45) is 0.668. The normalized spacial score (nSPS) is 14.7. The fraction of sp³-hybridized carbons (Fsp3) is 0.393. The molecular weight excluding hydrogens is 604 g/mol. The highest BCUT2D eigenvalue weighted by molar-refractivity contribution is 9.10. The lowest BCUT2D eigenvalue weighted by Gasteiger charge is -2.29. The first-order chi connectivity index (χ1) is 18.7. The fourth-order valence-electron chi connectivity index (χ4n) is 4.15. The van der Waals surface area contributed by atoms with E-state index in [0.29, 0.717) is 62.3 Å². The Hall–Kier alpha value is -2.69. The summed E-state index contributed by atoms with van der Waals surface area (Å²) in [6, 6.07) is 10.9. The van der Waals surface area contributed by atoms with Crippen molar-refractivity contribution in [2.75, 3.05) is 18.5 Å². The van der Waals surface area contributed by atoms with Gasteiger partial charge in [-0.05, 0) is 79.4 Å². The number of ether oxygens (including phenoxy) is 3. The topological polar surface area (TPSA) is 87.5 Å². The number of fused-ring (bicyclic) bond motifs is 1. The number of hydrogen-bond donors (Lipinski definition) is 1. The number of halogens is 2. The lowest BCUT2D eigenvalue weighted by molar-refractivity contribution is -0.139. The number of allylic oxidation sites excluding steroid dienone is 1. The molecule has 39 heavy (non-hydrogen) atoms. The molecule has 11 heteroatoms. The van der Waals surface area contributed by atoms with Crippen LogP contribution in [0.5, 0.6) is 11.5 Å². The lowest BCUT2D eigenvalue weighted by Crippen LogP contribution is -2.30. The monoisotopic (exact) mass is 634 g/mol. The van der Waals surface area contributed by atoms with Gasteiger partial charge in [-0.15, -0.1) is 5.10 Å². The summed E-state index contributed by atoms with van der Waals surface area (Å²) in [4.78, 5) is 18.1. The Morgan fingerprint density at radius 2 is 2.03 bits per heavy atom. The molecule has 4 rings (SSSR count). The molecule has 0 fully saturated rings. The predicted molar refractivity (Wildman–Crippen MR) is 158 cm³/mol. The number of benzene rings is 2. The van der Waals surface area contributed by atoms with Crippen LogP contribution in [0.2, 0.25) is 5.02 Å². The third kappa shape index (κ3) is 6.73. The van der Waals surface area contributed by atoms with E-state index in [0.717, 1.165) is 17.5 Å². The Labute approximate surface area is 246 Å². The second-order valence-corrected chi connectivity index (χ2v) is 11.4. The van der Waals surface area contributed by atoms with Crippen LogP contribution in [0.15, 0.2) is 57.3 Å². The van der Waals surface area contributed by atoms with Crippen molar-refractivity contribution in [3.63, 3.8) is 0 Å². The summed E-state index contributed by atoms with van der Waals surface area (Å²) in [5.74, 6) is 1.91. The number of thioether (sulfide) groups is 1. The smallest absolute Gasteiger partial charge is 0.338 e. The number of esters is 1. The summed E-state index contributed by atoms with van der Waals surface area (Å²) in [7, 11) is 0. The van der Waals surface area contributed by atoms with Gasteiger partial charge in [0.1, 0.15) is 6.04 Å². The van der Waals surface area contributed by atoms with Gasteiger partial charge in [-0.2, -0.15) is 4.98 Å². The molecule has 1 N–H and O–H groups in total. The maximum Gasteiger partial charge on any atom is 0.338 e. The van der Waals surface area contributed by atoms with E-state index < -0.39 is 12.0 Å². The van der Waals surface area contributed by atoms with Crippen molar-refractivity contribution < 1.29 is 19.0 Å². The van der Waals surface area contributed by atoms with Crippen LogP contribution in [0.25, 0.3) is 0 Å². The molecule has 1 aromatic heterocycles. The molecule has 1 atom stereocenters. The van der Waals surface area contributed by atoms with Crippen molar-refractivity contribution in [2.45, 2.75) is 64.1 Å². The maximum absolute atomic E-state index is 13.4. The SMILES string of the molecule is CCCOC(=O)C1=C(C)Nc2nc(SCc3ccccc3Cl)nn2C1c1cc(Br)c(OC(C)C)c(OCC)c1. The van der Waals surface area contributed by atoms with Crippen LogP contribution < -0.4 is 14.8 Å². The van der Waals surface area contributed by atoms with Crippen molar-refractivity contribution in [3.8, 4) is 11.5 Å². The van der Waals surface area contributed by atoms with Crippen molar-refractivity contribution >= 4 is 51.2 Å². The van der Waals surface area contributed by atoms with Crippen LogP contribution >= 0.6 is 39.3 Å². The summed E-state index contributed by atoms with van der Waals surface area (Å²) in [6.45, 7) is 10.4. The molecule has 0 spiro atoms. The quantitative estimate of drug-likeness (QED) is 0.172. The zero-order valence-corrected chi connectivity index (χ0v) is 25.7. The first-order valence-electron chi connectivity index (χ1n) is 12.8. The molecule has 208 valence electrons. The fourth-order valence-corrected chi connectivity index (χ4v) is 5.82. The molecule has 8 nitrogen and oxygen atoms in total. The maximum atomic E-state index is 13.4. The number of carbonyl (C=O) groups is 1. The van der Waals surface area contributed by atoms with Crippen LogP contribution in [0, 0.1) is 0 Å². The van der Waals surface area contributed by atoms with Gasteiger partial charge in [-0.1, -0.05) is 48.5 Å². The van der Waals surface area contributed by atoms with E-state index in [1.54, 1.807) is 4.68 Å². The summed E-state index contributed by atoms with van der Waals surface area (Å²) in [5, 5.41) is 9.31. The molecule has 0 amide bonds. The second-order valence-electron chi connectivity index (χ2n) is 9.17. The third-order valence-electron chi connectivity index (χ3n) is 5.81. The minimum absolute atomic E-state index is 0.0495. The zero-order chi connectivity index (χ0) is 28.1. The van der Waals surface area contributed by atoms with Gasteiger partial charge < -0.3 is 19.5 Å². The second kappa shape index (κ2) is 13.1. The number of nitrogens with zero attached hydrogens (tertiary/aromatic N) is 3. The highest BCUT2D eigenvalue weighted by Gasteiger charge is 2.36. The van der Waals surface area contributed by atoms with E-state index in [-0.39, 0.29) is 6.10 Å². The minimum Gasteiger partial charge on any atom is -0.490 e. The Morgan fingerprint density at radius 3 is 2.72 bits per heavy atom. The minimum atomic E-state index is -0.601. The van der Waals surface area contributed by atoms with Crippen LogP contribution in [-0.2, 0) is 15.3 Å². The van der Waals surface area contributed by atoms with Gasteiger partial charge in [-0.25, -0.2) is 9.48 Å². The van der Waals surface area contributed by atoms with Gasteiger partial charge in [0.15, 0.2) is 11.5 Å². The molecule has 0 saturated carbocycles. The number of carbonyl (C=O) groups excluding carboxylic acids is 1. The lowest BCUT2D eigenvalue weighted by atomic mass is 9.95. The van der Waals surface area contributed by atoms with E-state index in [9.17, 15) is 4.79 Å². The standard InChI is InChI=1S/C28H32BrClN4O4S/c1-6-12-37-26(35)23-17(5)31-27-32-28(39-15-18-10-8-9-11-21(18)30)33-34(27)24(23)19-13-20(29)25(38-16(3)4)22(14-19)36-7-2/h8-11,13-14,16,24H,6-7,12,15H2,1-5H3,(H,31,32,33). The largest absolute Gasteiger partial charge is 0.490 e. The third-order valence-corrected chi connectivity index (χ3v) is 7.65. The Kier molecular flexibility index (Phi) is 9.85. The van der Waals surface area contributed by atoms with E-state index in [2.05, 4.69) is 21.2 Å². The molecule has 1 aliphatic rings. The van der Waals surface area contributed by atoms with E-state index >= 15 is 0 Å². The molecule has 1 unspecified atom stereocenters. The molecule has 0 radical (unpaired) electrons. The van der Waals surface area contributed by atoms with Gasteiger partial charge in [-0.3, -0.25) is 0 Å². The number of anilines is 1. The predicted octanol–water partition coefficient (Wildman–Crippen LogP) is 7.41. The molecule has 1 aliphatic heterocycles. The summed E-state index contributed by atoms with van der Waals surface area (Å²) in [5.41, 5.74) is 2.88. The van der Waals surface area contributed by atoms with E-state index in [1.165, 1.54) is 11.8 Å². The van der Waals surface area contributed by atoms with Crippen LogP contribution in [0.4, 0.5) is 5.95 Å². The highest BCUT2D eigenvalue weighted by atomic mass is 79.9. The number of nitrogens with one attached hydrogen (secondary N) is 1. The van der Waals surface area contributed by atoms with Gasteiger partial charge in [0.05, 0.1) is 29.4 Å². The summed E-state index contributed by atoms with van der Waals surface area (Å²) < 4.78 is 20.0. The average Bonchev–Trinajstić information content (AvgIpc) is 3.30. The molecule has 2 heterocycles. The van der Waals surface area contributed by atoms with Crippen LogP contribution in [0.1, 0.15) is 58.2 Å². The zero-order valence-electron chi connectivity index (χ0n) is 22.6. The van der Waals surface area contributed by atoms with Gasteiger partial charge >= 0.3 is 5.97 Å². The van der Waals surface area contributed by atoms with Gasteiger partial charge in [0.25, 0.3) is 0 Å². The van der Waals surface area contributed by atoms with Crippen molar-refractivity contribution in [1.29, 1.82) is 0 Å². The Morgan fingerprint density at radius 1 is 1.26 bits per heavy atom. The Balaban J connectivity index is 1.78. The van der Waals surface area contributed by atoms with Crippen molar-refractivity contribution in [1.82, 2.24) is 14.8 Å². The van der Waals surface area contributed by atoms with Gasteiger partial charge in [0.2, 0.25) is 11.1 Å². The molecule has 2 aromatic carbocycles. The van der Waals surface area contributed by atoms with Crippen molar-refractivity contribution in [3.05, 3.63) is 68.3 Å². The first-order valence-corrected chi connectivity index (χ1v) is 15.0. The van der Waals surface area contributed by atoms with Crippen LogP contribution in [0.3, 0.4) is 0 Å². The average molecular weight is 636 g/mol. The van der Waals surface area contributed by atoms with E-state index in [1.807, 2.05) is 71.0 Å². The van der Waals surface area contributed by atoms with Crippen LogP contribution in [-0.4, -0.2) is 40.1 Å². The van der Waals surface area contributed by atoms with Gasteiger partial charge in [0, 0.05) is 16.5 Å². The number of hydrogen-bond acceptors (Lipinski definition) is 8. The Bertz CT molecular complexity index is 1380. The summed E-state index contributed by atoms with van der Waals surface area (Å²) >= 11 is 11.5. The number of rotatable bonds is 11. The van der Waals surface area contributed by atoms with Crippen molar-refractivity contribution in [2.24, 2.45) is 0 Å². The molecule has 0 bridgehead atoms. The molecule has 0 aliphatic carbocycles.